The average Bonchev–Trinajstić information content (AvgIpc) is 3.08. The first-order valence-electron chi connectivity index (χ1n) is 9.55. The highest BCUT2D eigenvalue weighted by Crippen LogP contribution is 2.38. The summed E-state index contributed by atoms with van der Waals surface area (Å²) >= 11 is 12.1. The van der Waals surface area contributed by atoms with Crippen LogP contribution >= 0.6 is 23.2 Å². The summed E-state index contributed by atoms with van der Waals surface area (Å²) in [5.74, 6) is 1.68. The van der Waals surface area contributed by atoms with E-state index in [2.05, 4.69) is 0 Å². The SMILES string of the molecule is O=C1C(=Cc2cc(Cl)cc3c2OCOC3)Oc2cc(OCc3ccc(Cl)cc3)ccc21. The van der Waals surface area contributed by atoms with Crippen LogP contribution in [-0.4, -0.2) is 12.6 Å². The quantitative estimate of drug-likeness (QED) is 0.448. The molecular formula is C24H16Cl2O5. The van der Waals surface area contributed by atoms with Gasteiger partial charge in [-0.2, -0.15) is 0 Å². The van der Waals surface area contributed by atoms with E-state index < -0.39 is 0 Å². The maximum atomic E-state index is 12.8. The molecule has 0 unspecified atom stereocenters. The Morgan fingerprint density at radius 2 is 1.84 bits per heavy atom. The van der Waals surface area contributed by atoms with Crippen molar-refractivity contribution >= 4 is 35.1 Å². The molecule has 0 aliphatic carbocycles. The van der Waals surface area contributed by atoms with E-state index in [9.17, 15) is 4.79 Å². The summed E-state index contributed by atoms with van der Waals surface area (Å²) in [5.41, 5.74) is 2.95. The smallest absolute Gasteiger partial charge is 0.231 e. The lowest BCUT2D eigenvalue weighted by Gasteiger charge is -2.20. The zero-order valence-corrected chi connectivity index (χ0v) is 17.7. The lowest BCUT2D eigenvalue weighted by Crippen LogP contribution is -2.12. The van der Waals surface area contributed by atoms with Crippen LogP contribution in [0.1, 0.15) is 27.0 Å². The number of halogens is 2. The van der Waals surface area contributed by atoms with Crippen molar-refractivity contribution in [2.45, 2.75) is 13.2 Å². The number of ether oxygens (including phenoxy) is 4. The normalized spacial score (nSPS) is 15.8. The molecule has 31 heavy (non-hydrogen) atoms. The van der Waals surface area contributed by atoms with Crippen molar-refractivity contribution in [3.8, 4) is 17.2 Å². The second-order valence-corrected chi connectivity index (χ2v) is 7.98. The van der Waals surface area contributed by atoms with E-state index in [1.54, 1.807) is 36.4 Å². The first-order chi connectivity index (χ1) is 15.1. The number of fused-ring (bicyclic) bond motifs is 2. The van der Waals surface area contributed by atoms with E-state index in [0.29, 0.717) is 51.6 Å². The summed E-state index contributed by atoms with van der Waals surface area (Å²) in [6, 6.07) is 16.1. The maximum Gasteiger partial charge on any atom is 0.231 e. The number of rotatable bonds is 4. The van der Waals surface area contributed by atoms with Crippen LogP contribution in [0.25, 0.3) is 6.08 Å². The third kappa shape index (κ3) is 4.12. The number of hydrogen-bond acceptors (Lipinski definition) is 5. The second-order valence-electron chi connectivity index (χ2n) is 7.11. The Bertz CT molecular complexity index is 1200. The van der Waals surface area contributed by atoms with E-state index in [4.69, 9.17) is 42.1 Å². The van der Waals surface area contributed by atoms with Gasteiger partial charge in [0.2, 0.25) is 5.78 Å². The lowest BCUT2D eigenvalue weighted by molar-refractivity contribution is -0.0165. The topological polar surface area (TPSA) is 54.0 Å². The minimum absolute atomic E-state index is 0.147. The van der Waals surface area contributed by atoms with Gasteiger partial charge in [-0.3, -0.25) is 4.79 Å². The Hall–Kier alpha value is -2.99. The van der Waals surface area contributed by atoms with E-state index in [0.717, 1.165) is 11.1 Å². The highest BCUT2D eigenvalue weighted by Gasteiger charge is 2.28. The first-order valence-corrected chi connectivity index (χ1v) is 10.3. The Kier molecular flexibility index (Phi) is 5.32. The van der Waals surface area contributed by atoms with Gasteiger partial charge < -0.3 is 18.9 Å². The summed E-state index contributed by atoms with van der Waals surface area (Å²) < 4.78 is 22.6. The fourth-order valence-corrected chi connectivity index (χ4v) is 3.84. The predicted molar refractivity (Wildman–Crippen MR) is 117 cm³/mol. The molecule has 3 aromatic rings. The van der Waals surface area contributed by atoms with Gasteiger partial charge in [0.25, 0.3) is 0 Å². The number of allylic oxidation sites excluding steroid dienone is 1. The highest BCUT2D eigenvalue weighted by molar-refractivity contribution is 6.31. The number of benzene rings is 3. The molecule has 7 heteroatoms. The van der Waals surface area contributed by atoms with Gasteiger partial charge in [0.1, 0.15) is 23.9 Å². The van der Waals surface area contributed by atoms with Crippen molar-refractivity contribution in [2.75, 3.05) is 6.79 Å². The fraction of sp³-hybridized carbons (Fsp3) is 0.125. The van der Waals surface area contributed by atoms with Crippen LogP contribution in [0.5, 0.6) is 17.2 Å². The summed E-state index contributed by atoms with van der Waals surface area (Å²) in [6.07, 6.45) is 1.65. The zero-order valence-electron chi connectivity index (χ0n) is 16.2. The molecule has 0 fully saturated rings. The molecular weight excluding hydrogens is 439 g/mol. The number of carbonyl (C=O) groups excluding carboxylic acids is 1. The van der Waals surface area contributed by atoms with Crippen LogP contribution < -0.4 is 14.2 Å². The molecule has 0 amide bonds. The summed E-state index contributed by atoms with van der Waals surface area (Å²) in [7, 11) is 0. The molecule has 2 aliphatic heterocycles. The van der Waals surface area contributed by atoms with Gasteiger partial charge in [-0.15, -0.1) is 0 Å². The molecule has 0 aromatic heterocycles. The molecule has 2 heterocycles. The molecule has 0 N–H and O–H groups in total. The molecule has 0 spiro atoms. The molecule has 5 rings (SSSR count). The lowest BCUT2D eigenvalue weighted by atomic mass is 10.1. The van der Waals surface area contributed by atoms with E-state index >= 15 is 0 Å². The average molecular weight is 455 g/mol. The third-order valence-corrected chi connectivity index (χ3v) is 5.42. The summed E-state index contributed by atoms with van der Waals surface area (Å²) in [5, 5.41) is 1.20. The summed E-state index contributed by atoms with van der Waals surface area (Å²) in [6.45, 7) is 0.921. The van der Waals surface area contributed by atoms with E-state index in [1.807, 2.05) is 24.3 Å². The fourth-order valence-electron chi connectivity index (χ4n) is 3.46. The molecule has 156 valence electrons. The van der Waals surface area contributed by atoms with Gasteiger partial charge in [-0.05, 0) is 48.0 Å². The van der Waals surface area contributed by atoms with Crippen LogP contribution in [0, 0.1) is 0 Å². The van der Waals surface area contributed by atoms with Crippen LogP contribution in [0.4, 0.5) is 0 Å². The van der Waals surface area contributed by atoms with Gasteiger partial charge >= 0.3 is 0 Å². The molecule has 0 saturated carbocycles. The minimum atomic E-state index is -0.208. The van der Waals surface area contributed by atoms with Crippen LogP contribution in [0.2, 0.25) is 10.0 Å². The third-order valence-electron chi connectivity index (χ3n) is 4.95. The molecule has 2 aliphatic rings. The molecule has 5 nitrogen and oxygen atoms in total. The van der Waals surface area contributed by atoms with E-state index in [-0.39, 0.29) is 18.3 Å². The summed E-state index contributed by atoms with van der Waals surface area (Å²) in [4.78, 5) is 12.8. The monoisotopic (exact) mass is 454 g/mol. The van der Waals surface area contributed by atoms with Crippen LogP contribution in [-0.2, 0) is 18.0 Å². The number of ketones is 1. The molecule has 0 bridgehead atoms. The van der Waals surface area contributed by atoms with Gasteiger partial charge in [-0.25, -0.2) is 0 Å². The van der Waals surface area contributed by atoms with Crippen molar-refractivity contribution < 1.29 is 23.7 Å². The second kappa shape index (κ2) is 8.27. The van der Waals surface area contributed by atoms with Crippen LogP contribution in [0.3, 0.4) is 0 Å². The Morgan fingerprint density at radius 1 is 1.00 bits per heavy atom. The van der Waals surface area contributed by atoms with Crippen molar-refractivity contribution in [3.63, 3.8) is 0 Å². The highest BCUT2D eigenvalue weighted by atomic mass is 35.5. The van der Waals surface area contributed by atoms with Crippen molar-refractivity contribution in [1.82, 2.24) is 0 Å². The molecule has 3 aromatic carbocycles. The Balaban J connectivity index is 1.38. The minimum Gasteiger partial charge on any atom is -0.489 e. The largest absolute Gasteiger partial charge is 0.489 e. The van der Waals surface area contributed by atoms with Gasteiger partial charge in [0.05, 0.1) is 12.2 Å². The van der Waals surface area contributed by atoms with E-state index in [1.165, 1.54) is 0 Å². The number of Topliss-reactive ketones (excluding diaryl/α,β-unsaturated/α-hetero) is 1. The van der Waals surface area contributed by atoms with Crippen molar-refractivity contribution in [3.05, 3.63) is 92.7 Å². The zero-order chi connectivity index (χ0) is 21.4. The van der Waals surface area contributed by atoms with Gasteiger partial charge in [0, 0.05) is 27.2 Å². The molecule has 0 atom stereocenters. The number of carbonyl (C=O) groups is 1. The number of hydrogen-bond donors (Lipinski definition) is 0. The van der Waals surface area contributed by atoms with Gasteiger partial charge in [0.15, 0.2) is 12.6 Å². The standard InChI is InChI=1S/C24H16Cl2O5/c25-17-3-1-14(2-4-17)11-29-19-5-6-20-21(10-19)31-22(23(20)27)9-15-7-18(26)8-16-12-28-13-30-24(15)16/h1-10H,11-13H2. The van der Waals surface area contributed by atoms with Crippen LogP contribution in [0.15, 0.2) is 60.4 Å². The predicted octanol–water partition coefficient (Wildman–Crippen LogP) is 6.06. The first kappa shape index (κ1) is 19.9. The van der Waals surface area contributed by atoms with Gasteiger partial charge in [-0.1, -0.05) is 35.3 Å². The van der Waals surface area contributed by atoms with Crippen molar-refractivity contribution in [2.24, 2.45) is 0 Å². The Morgan fingerprint density at radius 3 is 2.68 bits per heavy atom. The molecule has 0 saturated heterocycles. The maximum absolute atomic E-state index is 12.8. The van der Waals surface area contributed by atoms with Crippen molar-refractivity contribution in [1.29, 1.82) is 0 Å². The Labute approximate surface area is 188 Å². The molecule has 0 radical (unpaired) electrons.